The molecule has 0 spiro atoms. The zero-order chi connectivity index (χ0) is 16.8. The van der Waals surface area contributed by atoms with Gasteiger partial charge in [0.25, 0.3) is 0 Å². The zero-order valence-corrected chi connectivity index (χ0v) is 14.6. The molecule has 128 valence electrons. The van der Waals surface area contributed by atoms with Gasteiger partial charge in [0.2, 0.25) is 0 Å². The first-order valence-corrected chi connectivity index (χ1v) is 9.39. The second-order valence-electron chi connectivity index (χ2n) is 5.97. The Labute approximate surface area is 146 Å². The fourth-order valence-electron chi connectivity index (χ4n) is 2.92. The summed E-state index contributed by atoms with van der Waals surface area (Å²) in [6.07, 6.45) is 8.05. The maximum absolute atomic E-state index is 14.0. The minimum Gasteiger partial charge on any atom is -0.377 e. The van der Waals surface area contributed by atoms with E-state index in [1.165, 1.54) is 17.8 Å². The summed E-state index contributed by atoms with van der Waals surface area (Å²) in [4.78, 5) is 10.9. The van der Waals surface area contributed by atoms with Crippen molar-refractivity contribution in [1.29, 1.82) is 0 Å². The molecule has 1 aliphatic rings. The van der Waals surface area contributed by atoms with Gasteiger partial charge < -0.3 is 4.74 Å². The monoisotopic (exact) mass is 347 g/mol. The molecule has 4 nitrogen and oxygen atoms in total. The van der Waals surface area contributed by atoms with Crippen molar-refractivity contribution in [2.75, 3.05) is 19.4 Å². The molecule has 0 aliphatic carbocycles. The molecule has 1 atom stereocenters. The van der Waals surface area contributed by atoms with Crippen LogP contribution in [0.2, 0.25) is 0 Å². The number of halogens is 1. The van der Waals surface area contributed by atoms with Crippen molar-refractivity contribution in [2.45, 2.75) is 37.2 Å². The van der Waals surface area contributed by atoms with Crippen LogP contribution in [0.4, 0.5) is 4.39 Å². The van der Waals surface area contributed by atoms with E-state index in [-0.39, 0.29) is 11.9 Å². The molecule has 1 fully saturated rings. The first kappa shape index (κ1) is 17.3. The molecule has 2 heterocycles. The summed E-state index contributed by atoms with van der Waals surface area (Å²) < 4.78 is 19.8. The van der Waals surface area contributed by atoms with E-state index in [4.69, 9.17) is 4.74 Å². The molecule has 1 unspecified atom stereocenters. The lowest BCUT2D eigenvalue weighted by molar-refractivity contribution is 0.0674. The van der Waals surface area contributed by atoms with Gasteiger partial charge in [-0.15, -0.1) is 0 Å². The molecular weight excluding hydrogens is 325 g/mol. The Morgan fingerprint density at radius 3 is 2.71 bits per heavy atom. The molecule has 0 amide bonds. The van der Waals surface area contributed by atoms with E-state index in [1.54, 1.807) is 6.07 Å². The van der Waals surface area contributed by atoms with Gasteiger partial charge in [0.05, 0.1) is 6.10 Å². The maximum Gasteiger partial charge on any atom is 0.187 e. The van der Waals surface area contributed by atoms with Crippen molar-refractivity contribution in [2.24, 2.45) is 0 Å². The average Bonchev–Trinajstić information content (AvgIpc) is 3.10. The minimum absolute atomic E-state index is 0.163. The largest absolute Gasteiger partial charge is 0.377 e. The van der Waals surface area contributed by atoms with Gasteiger partial charge in [0.1, 0.15) is 5.82 Å². The first-order valence-electron chi connectivity index (χ1n) is 8.17. The van der Waals surface area contributed by atoms with Crippen molar-refractivity contribution in [3.8, 4) is 0 Å². The van der Waals surface area contributed by atoms with Gasteiger partial charge in [-0.2, -0.15) is 0 Å². The fraction of sp³-hybridized carbons (Fsp3) is 0.444. The van der Waals surface area contributed by atoms with Gasteiger partial charge in [-0.25, -0.2) is 14.4 Å². The number of ether oxygens (including phenoxy) is 1. The summed E-state index contributed by atoms with van der Waals surface area (Å²) in [6.45, 7) is 2.85. The van der Waals surface area contributed by atoms with Gasteiger partial charge >= 0.3 is 0 Å². The number of hydrogen-bond donors (Lipinski definition) is 0. The Balaban J connectivity index is 1.71. The summed E-state index contributed by atoms with van der Waals surface area (Å²) in [5.41, 5.74) is 1.74. The lowest BCUT2D eigenvalue weighted by atomic mass is 10.1. The average molecular weight is 347 g/mol. The van der Waals surface area contributed by atoms with Gasteiger partial charge in [0, 0.05) is 49.8 Å². The molecule has 1 aromatic heterocycles. The smallest absolute Gasteiger partial charge is 0.187 e. The maximum atomic E-state index is 14.0. The topological polar surface area (TPSA) is 38.2 Å². The Morgan fingerprint density at radius 1 is 1.25 bits per heavy atom. The van der Waals surface area contributed by atoms with E-state index >= 15 is 0 Å². The van der Waals surface area contributed by atoms with Crippen molar-refractivity contribution in [3.63, 3.8) is 0 Å². The van der Waals surface area contributed by atoms with Crippen LogP contribution in [0.25, 0.3) is 0 Å². The quantitative estimate of drug-likeness (QED) is 0.566. The minimum atomic E-state index is -0.163. The SMILES string of the molecule is CSc1ncc(CN(Cc2ccccc2F)CC2CCCO2)cn1. The lowest BCUT2D eigenvalue weighted by Crippen LogP contribution is -2.31. The highest BCUT2D eigenvalue weighted by Crippen LogP contribution is 2.18. The van der Waals surface area contributed by atoms with Gasteiger partial charge in [0.15, 0.2) is 5.16 Å². The van der Waals surface area contributed by atoms with Crippen LogP contribution in [-0.4, -0.2) is 40.4 Å². The number of benzene rings is 1. The number of aromatic nitrogens is 2. The van der Waals surface area contributed by atoms with Gasteiger partial charge in [-0.05, 0) is 25.2 Å². The lowest BCUT2D eigenvalue weighted by Gasteiger charge is -2.25. The summed E-state index contributed by atoms with van der Waals surface area (Å²) in [5.74, 6) is -0.163. The van der Waals surface area contributed by atoms with Crippen LogP contribution < -0.4 is 0 Å². The van der Waals surface area contributed by atoms with Gasteiger partial charge in [-0.3, -0.25) is 4.90 Å². The molecule has 0 radical (unpaired) electrons. The molecule has 1 aromatic carbocycles. The number of nitrogens with zero attached hydrogens (tertiary/aromatic N) is 3. The number of rotatable bonds is 7. The van der Waals surface area contributed by atoms with E-state index in [0.29, 0.717) is 18.7 Å². The van der Waals surface area contributed by atoms with Crippen molar-refractivity contribution < 1.29 is 9.13 Å². The molecule has 6 heteroatoms. The summed E-state index contributed by atoms with van der Waals surface area (Å²) in [5, 5.41) is 0.763. The van der Waals surface area contributed by atoms with E-state index in [0.717, 1.165) is 36.7 Å². The van der Waals surface area contributed by atoms with Crippen LogP contribution in [0.15, 0.2) is 41.8 Å². The fourth-order valence-corrected chi connectivity index (χ4v) is 3.23. The third kappa shape index (κ3) is 4.75. The molecule has 1 saturated heterocycles. The highest BCUT2D eigenvalue weighted by molar-refractivity contribution is 7.98. The highest BCUT2D eigenvalue weighted by atomic mass is 32.2. The Morgan fingerprint density at radius 2 is 2.04 bits per heavy atom. The van der Waals surface area contributed by atoms with Crippen LogP contribution in [0.5, 0.6) is 0 Å². The Hall–Kier alpha value is -1.50. The van der Waals surface area contributed by atoms with Crippen LogP contribution in [0.1, 0.15) is 24.0 Å². The van der Waals surface area contributed by atoms with Crippen LogP contribution >= 0.6 is 11.8 Å². The molecule has 0 N–H and O–H groups in total. The molecule has 0 bridgehead atoms. The van der Waals surface area contributed by atoms with E-state index in [1.807, 2.05) is 30.8 Å². The third-order valence-corrected chi connectivity index (χ3v) is 4.68. The third-order valence-electron chi connectivity index (χ3n) is 4.11. The summed E-state index contributed by atoms with van der Waals surface area (Å²) in [7, 11) is 0. The van der Waals surface area contributed by atoms with Crippen LogP contribution in [0.3, 0.4) is 0 Å². The summed E-state index contributed by atoms with van der Waals surface area (Å²) in [6, 6.07) is 6.94. The highest BCUT2D eigenvalue weighted by Gasteiger charge is 2.20. The second-order valence-corrected chi connectivity index (χ2v) is 6.75. The standard InChI is InChI=1S/C18H22FN3OS/c1-24-18-20-9-14(10-21-18)11-22(13-16-6-4-8-23-16)12-15-5-2-3-7-17(15)19/h2-3,5,7,9-10,16H,4,6,8,11-13H2,1H3. The Bertz CT molecular complexity index is 647. The molecule has 24 heavy (non-hydrogen) atoms. The van der Waals surface area contributed by atoms with Crippen molar-refractivity contribution >= 4 is 11.8 Å². The van der Waals surface area contributed by atoms with E-state index < -0.39 is 0 Å². The second kappa shape index (κ2) is 8.55. The molecule has 1 aliphatic heterocycles. The Kier molecular flexibility index (Phi) is 6.18. The van der Waals surface area contributed by atoms with Crippen LogP contribution in [-0.2, 0) is 17.8 Å². The molecule has 2 aromatic rings. The predicted molar refractivity (Wildman–Crippen MR) is 93.3 cm³/mol. The zero-order valence-electron chi connectivity index (χ0n) is 13.8. The number of thioether (sulfide) groups is 1. The van der Waals surface area contributed by atoms with E-state index in [2.05, 4.69) is 14.9 Å². The molecular formula is C18H22FN3OS. The van der Waals surface area contributed by atoms with Crippen LogP contribution in [0, 0.1) is 5.82 Å². The summed E-state index contributed by atoms with van der Waals surface area (Å²) >= 11 is 1.52. The molecule has 0 saturated carbocycles. The number of hydrogen-bond acceptors (Lipinski definition) is 5. The van der Waals surface area contributed by atoms with E-state index in [9.17, 15) is 4.39 Å². The first-order chi connectivity index (χ1) is 11.7. The predicted octanol–water partition coefficient (Wildman–Crippen LogP) is 3.52. The molecule has 3 rings (SSSR count). The normalized spacial score (nSPS) is 17.5. The van der Waals surface area contributed by atoms with Crippen molar-refractivity contribution in [1.82, 2.24) is 14.9 Å². The van der Waals surface area contributed by atoms with Gasteiger partial charge in [-0.1, -0.05) is 30.0 Å². The van der Waals surface area contributed by atoms with Crippen molar-refractivity contribution in [3.05, 3.63) is 53.6 Å².